The van der Waals surface area contributed by atoms with Gasteiger partial charge in [0.15, 0.2) is 0 Å². The Bertz CT molecular complexity index is 583. The second kappa shape index (κ2) is 7.66. The quantitative estimate of drug-likeness (QED) is 0.847. The van der Waals surface area contributed by atoms with Crippen molar-refractivity contribution in [3.8, 4) is 0 Å². The largest absolute Gasteiger partial charge is 0.359 e. The van der Waals surface area contributed by atoms with Gasteiger partial charge in [0.1, 0.15) is 5.82 Å². The van der Waals surface area contributed by atoms with Gasteiger partial charge in [0.2, 0.25) is 0 Å². The van der Waals surface area contributed by atoms with Gasteiger partial charge in [-0.15, -0.1) is 0 Å². The van der Waals surface area contributed by atoms with Gasteiger partial charge in [-0.3, -0.25) is 0 Å². The molecule has 1 heterocycles. The van der Waals surface area contributed by atoms with Gasteiger partial charge in [0, 0.05) is 37.3 Å². The molecule has 21 heavy (non-hydrogen) atoms. The second-order valence-corrected chi connectivity index (χ2v) is 6.59. The van der Waals surface area contributed by atoms with Gasteiger partial charge in [0.05, 0.1) is 5.52 Å². The Hall–Kier alpha value is -1.26. The number of nitrogens with one attached hydrogen (secondary N) is 1. The number of fused-ring (bicyclic) bond motifs is 1. The molecule has 0 aliphatic heterocycles. The zero-order chi connectivity index (χ0) is 15.2. The highest BCUT2D eigenvalue weighted by molar-refractivity contribution is 7.98. The van der Waals surface area contributed by atoms with Gasteiger partial charge in [-0.25, -0.2) is 4.98 Å². The molecule has 0 saturated carbocycles. The maximum absolute atomic E-state index is 4.80. The molecule has 0 saturated heterocycles. The second-order valence-electron chi connectivity index (χ2n) is 5.61. The lowest BCUT2D eigenvalue weighted by molar-refractivity contribution is 0.590. The van der Waals surface area contributed by atoms with Gasteiger partial charge < -0.3 is 10.2 Å². The summed E-state index contributed by atoms with van der Waals surface area (Å²) in [6, 6.07) is 11.1. The van der Waals surface area contributed by atoms with Crippen LogP contribution in [0, 0.1) is 0 Å². The molecule has 2 rings (SSSR count). The molecule has 0 radical (unpaired) electrons. The Kier molecular flexibility index (Phi) is 5.88. The molecule has 0 spiro atoms. The minimum absolute atomic E-state index is 0.481. The SMILES string of the molecule is CSCCN(C)c1cc(CNC(C)C)c2ccccc2n1. The van der Waals surface area contributed by atoms with E-state index in [-0.39, 0.29) is 0 Å². The first-order valence-electron chi connectivity index (χ1n) is 7.44. The summed E-state index contributed by atoms with van der Waals surface area (Å²) in [5.41, 5.74) is 2.40. The molecule has 1 N–H and O–H groups in total. The van der Waals surface area contributed by atoms with Crippen molar-refractivity contribution in [2.24, 2.45) is 0 Å². The van der Waals surface area contributed by atoms with Crippen LogP contribution in [-0.2, 0) is 6.54 Å². The van der Waals surface area contributed by atoms with Crippen molar-refractivity contribution in [3.05, 3.63) is 35.9 Å². The Morgan fingerprint density at radius 1 is 1.29 bits per heavy atom. The molecule has 0 aliphatic carbocycles. The molecule has 4 heteroatoms. The number of hydrogen-bond acceptors (Lipinski definition) is 4. The Morgan fingerprint density at radius 2 is 2.05 bits per heavy atom. The van der Waals surface area contributed by atoms with Crippen molar-refractivity contribution in [1.29, 1.82) is 0 Å². The summed E-state index contributed by atoms with van der Waals surface area (Å²) in [7, 11) is 2.12. The predicted octanol–water partition coefficient (Wildman–Crippen LogP) is 3.53. The van der Waals surface area contributed by atoms with Gasteiger partial charge in [-0.05, 0) is 24.0 Å². The van der Waals surface area contributed by atoms with Crippen molar-refractivity contribution < 1.29 is 0 Å². The summed E-state index contributed by atoms with van der Waals surface area (Å²) >= 11 is 1.86. The zero-order valence-electron chi connectivity index (χ0n) is 13.4. The first-order chi connectivity index (χ1) is 10.1. The zero-order valence-corrected chi connectivity index (χ0v) is 14.2. The van der Waals surface area contributed by atoms with Crippen molar-refractivity contribution >= 4 is 28.5 Å². The summed E-state index contributed by atoms with van der Waals surface area (Å²) in [5.74, 6) is 2.17. The van der Waals surface area contributed by atoms with Crippen LogP contribution in [0.3, 0.4) is 0 Å². The molecule has 2 aromatic rings. The van der Waals surface area contributed by atoms with Crippen LogP contribution in [-0.4, -0.2) is 36.6 Å². The maximum Gasteiger partial charge on any atom is 0.129 e. The minimum Gasteiger partial charge on any atom is -0.359 e. The summed E-state index contributed by atoms with van der Waals surface area (Å²) in [6.07, 6.45) is 2.14. The molecule has 0 amide bonds. The van der Waals surface area contributed by atoms with Crippen LogP contribution >= 0.6 is 11.8 Å². The van der Waals surface area contributed by atoms with Crippen LogP contribution in [0.25, 0.3) is 10.9 Å². The summed E-state index contributed by atoms with van der Waals surface area (Å²) in [4.78, 5) is 7.04. The smallest absolute Gasteiger partial charge is 0.129 e. The molecular formula is C17H25N3S. The Labute approximate surface area is 132 Å². The van der Waals surface area contributed by atoms with Gasteiger partial charge in [-0.2, -0.15) is 11.8 Å². The van der Waals surface area contributed by atoms with E-state index < -0.39 is 0 Å². The molecule has 3 nitrogen and oxygen atoms in total. The third-order valence-corrected chi connectivity index (χ3v) is 4.10. The summed E-state index contributed by atoms with van der Waals surface area (Å²) in [5, 5.41) is 4.76. The molecule has 1 aromatic carbocycles. The van der Waals surface area contributed by atoms with Crippen molar-refractivity contribution in [2.45, 2.75) is 26.4 Å². The first-order valence-corrected chi connectivity index (χ1v) is 8.83. The average Bonchev–Trinajstić information content (AvgIpc) is 2.49. The number of pyridine rings is 1. The fourth-order valence-electron chi connectivity index (χ4n) is 2.23. The average molecular weight is 303 g/mol. The fourth-order valence-corrected chi connectivity index (χ4v) is 2.69. The van der Waals surface area contributed by atoms with Gasteiger partial charge >= 0.3 is 0 Å². The van der Waals surface area contributed by atoms with Gasteiger partial charge in [-0.1, -0.05) is 32.0 Å². The van der Waals surface area contributed by atoms with Crippen LogP contribution in [0.4, 0.5) is 5.82 Å². The lowest BCUT2D eigenvalue weighted by Crippen LogP contribution is -2.24. The van der Waals surface area contributed by atoms with E-state index in [9.17, 15) is 0 Å². The lowest BCUT2D eigenvalue weighted by atomic mass is 10.1. The van der Waals surface area contributed by atoms with Crippen LogP contribution in [0.15, 0.2) is 30.3 Å². The number of hydrogen-bond donors (Lipinski definition) is 1. The predicted molar refractivity (Wildman–Crippen MR) is 95.4 cm³/mol. The highest BCUT2D eigenvalue weighted by Gasteiger charge is 2.09. The number of nitrogens with zero attached hydrogens (tertiary/aromatic N) is 2. The van der Waals surface area contributed by atoms with Crippen LogP contribution < -0.4 is 10.2 Å². The summed E-state index contributed by atoms with van der Waals surface area (Å²) in [6.45, 7) is 6.25. The number of anilines is 1. The molecule has 0 atom stereocenters. The van der Waals surface area contributed by atoms with E-state index in [4.69, 9.17) is 4.98 Å². The van der Waals surface area contributed by atoms with E-state index in [1.54, 1.807) is 0 Å². The Morgan fingerprint density at radius 3 is 2.76 bits per heavy atom. The number of benzene rings is 1. The molecule has 0 fully saturated rings. The van der Waals surface area contributed by atoms with E-state index in [0.717, 1.165) is 30.2 Å². The first kappa shape index (κ1) is 16.1. The third kappa shape index (κ3) is 4.35. The van der Waals surface area contributed by atoms with E-state index in [2.05, 4.69) is 67.7 Å². The standard InChI is InChI=1S/C17H25N3S/c1-13(2)18-12-14-11-17(20(3)9-10-21-4)19-16-8-6-5-7-15(14)16/h5-8,11,13,18H,9-10,12H2,1-4H3. The van der Waals surface area contributed by atoms with E-state index in [1.165, 1.54) is 10.9 Å². The molecule has 0 bridgehead atoms. The van der Waals surface area contributed by atoms with Crippen LogP contribution in [0.5, 0.6) is 0 Å². The number of rotatable bonds is 7. The van der Waals surface area contributed by atoms with Crippen LogP contribution in [0.1, 0.15) is 19.4 Å². The molecular weight excluding hydrogens is 278 g/mol. The highest BCUT2D eigenvalue weighted by Crippen LogP contribution is 2.22. The number of aromatic nitrogens is 1. The normalized spacial score (nSPS) is 11.3. The van der Waals surface area contributed by atoms with E-state index >= 15 is 0 Å². The number of para-hydroxylation sites is 1. The molecule has 0 unspecified atom stereocenters. The van der Waals surface area contributed by atoms with Crippen molar-refractivity contribution in [2.75, 3.05) is 30.5 Å². The number of thioether (sulfide) groups is 1. The fraction of sp³-hybridized carbons (Fsp3) is 0.471. The molecule has 114 valence electrons. The van der Waals surface area contributed by atoms with Crippen molar-refractivity contribution in [1.82, 2.24) is 10.3 Å². The lowest BCUT2D eigenvalue weighted by Gasteiger charge is -2.20. The highest BCUT2D eigenvalue weighted by atomic mass is 32.2. The maximum atomic E-state index is 4.80. The van der Waals surface area contributed by atoms with E-state index in [0.29, 0.717) is 6.04 Å². The molecule has 1 aromatic heterocycles. The molecule has 0 aliphatic rings. The topological polar surface area (TPSA) is 28.2 Å². The van der Waals surface area contributed by atoms with E-state index in [1.807, 2.05) is 11.8 Å². The minimum atomic E-state index is 0.481. The monoisotopic (exact) mass is 303 g/mol. The van der Waals surface area contributed by atoms with Crippen LogP contribution in [0.2, 0.25) is 0 Å². The summed E-state index contributed by atoms with van der Waals surface area (Å²) < 4.78 is 0. The van der Waals surface area contributed by atoms with Crippen molar-refractivity contribution in [3.63, 3.8) is 0 Å². The van der Waals surface area contributed by atoms with Gasteiger partial charge in [0.25, 0.3) is 0 Å². The Balaban J connectivity index is 2.34. The third-order valence-electron chi connectivity index (χ3n) is 3.51.